The molecular formula is C20H25N3O5. The number of amides is 4. The average molecular weight is 387 g/mol. The van der Waals surface area contributed by atoms with Gasteiger partial charge in [-0.05, 0) is 30.5 Å². The lowest BCUT2D eigenvalue weighted by Crippen LogP contribution is -2.40. The highest BCUT2D eigenvalue weighted by molar-refractivity contribution is 6.01. The predicted molar refractivity (Wildman–Crippen MR) is 100 cm³/mol. The highest BCUT2D eigenvalue weighted by Gasteiger charge is 2.28. The Labute approximate surface area is 163 Å². The van der Waals surface area contributed by atoms with E-state index in [1.807, 2.05) is 0 Å². The standard InChI is InChI=1S/C20H25N3O5/c1-22(16-5-3-2-4-6-16)18(25)13-28-19(26)15-9-7-14(8-10-15)12-23-17(24)11-21-20(23)27/h7-10,16H,2-6,11-13H2,1H3,(H,21,27). The molecule has 1 aliphatic heterocycles. The molecule has 2 fully saturated rings. The molecule has 0 bridgehead atoms. The molecular weight excluding hydrogens is 362 g/mol. The van der Waals surface area contributed by atoms with Gasteiger partial charge in [0.05, 0.1) is 18.7 Å². The van der Waals surface area contributed by atoms with Crippen LogP contribution in [0.1, 0.15) is 48.0 Å². The molecule has 1 saturated heterocycles. The first-order valence-corrected chi connectivity index (χ1v) is 9.55. The number of benzene rings is 1. The largest absolute Gasteiger partial charge is 0.452 e. The minimum atomic E-state index is -0.577. The molecule has 8 nitrogen and oxygen atoms in total. The van der Waals surface area contributed by atoms with Crippen LogP contribution in [0, 0.1) is 0 Å². The van der Waals surface area contributed by atoms with E-state index in [1.165, 1.54) is 6.42 Å². The normalized spacial score (nSPS) is 17.4. The average Bonchev–Trinajstić information content (AvgIpc) is 3.04. The van der Waals surface area contributed by atoms with Crippen LogP contribution in [0.2, 0.25) is 0 Å². The zero-order valence-electron chi connectivity index (χ0n) is 16.0. The minimum absolute atomic E-state index is 0.00652. The third-order valence-corrected chi connectivity index (χ3v) is 5.31. The summed E-state index contributed by atoms with van der Waals surface area (Å²) < 4.78 is 5.15. The monoisotopic (exact) mass is 387 g/mol. The maximum Gasteiger partial charge on any atom is 0.338 e. The number of hydrogen-bond donors (Lipinski definition) is 1. The molecule has 0 spiro atoms. The van der Waals surface area contributed by atoms with Gasteiger partial charge >= 0.3 is 12.0 Å². The summed E-state index contributed by atoms with van der Waals surface area (Å²) in [5.74, 6) is -1.06. The van der Waals surface area contributed by atoms with E-state index in [1.54, 1.807) is 36.2 Å². The number of nitrogens with one attached hydrogen (secondary N) is 1. The van der Waals surface area contributed by atoms with Gasteiger partial charge in [-0.1, -0.05) is 31.4 Å². The summed E-state index contributed by atoms with van der Waals surface area (Å²) in [5.41, 5.74) is 1.03. The first-order valence-electron chi connectivity index (χ1n) is 9.55. The van der Waals surface area contributed by atoms with Gasteiger partial charge in [0.25, 0.3) is 5.91 Å². The highest BCUT2D eigenvalue weighted by Crippen LogP contribution is 2.21. The van der Waals surface area contributed by atoms with Gasteiger partial charge in [-0.2, -0.15) is 0 Å². The summed E-state index contributed by atoms with van der Waals surface area (Å²) in [7, 11) is 1.76. The van der Waals surface area contributed by atoms with Crippen molar-refractivity contribution < 1.29 is 23.9 Å². The number of hydrogen-bond acceptors (Lipinski definition) is 5. The van der Waals surface area contributed by atoms with Crippen LogP contribution in [0.3, 0.4) is 0 Å². The predicted octanol–water partition coefficient (Wildman–Crippen LogP) is 1.69. The van der Waals surface area contributed by atoms with E-state index in [4.69, 9.17) is 4.74 Å². The maximum atomic E-state index is 12.3. The SMILES string of the molecule is CN(C(=O)COC(=O)c1ccc(CN2C(=O)CNC2=O)cc1)C1CCCCC1. The summed E-state index contributed by atoms with van der Waals surface area (Å²) in [5, 5.41) is 2.46. The van der Waals surface area contributed by atoms with Crippen molar-refractivity contribution in [3.05, 3.63) is 35.4 Å². The lowest BCUT2D eigenvalue weighted by Gasteiger charge is -2.31. The lowest BCUT2D eigenvalue weighted by atomic mass is 9.94. The molecule has 1 saturated carbocycles. The Balaban J connectivity index is 1.49. The van der Waals surface area contributed by atoms with Crippen molar-refractivity contribution >= 4 is 23.8 Å². The first-order chi connectivity index (χ1) is 13.5. The van der Waals surface area contributed by atoms with Crippen molar-refractivity contribution in [3.8, 4) is 0 Å². The number of carbonyl (C=O) groups excluding carboxylic acids is 4. The molecule has 0 unspecified atom stereocenters. The Morgan fingerprint density at radius 3 is 2.43 bits per heavy atom. The molecule has 28 heavy (non-hydrogen) atoms. The second kappa shape index (κ2) is 8.86. The molecule has 0 radical (unpaired) electrons. The summed E-state index contributed by atoms with van der Waals surface area (Å²) >= 11 is 0. The van der Waals surface area contributed by atoms with E-state index in [2.05, 4.69) is 5.32 Å². The Bertz CT molecular complexity index is 740. The summed E-state index contributed by atoms with van der Waals surface area (Å²) in [6.07, 6.45) is 5.45. The molecule has 3 rings (SSSR count). The summed E-state index contributed by atoms with van der Waals surface area (Å²) in [6, 6.07) is 6.24. The van der Waals surface area contributed by atoms with Crippen molar-refractivity contribution in [2.45, 2.75) is 44.7 Å². The molecule has 1 aliphatic carbocycles. The molecule has 8 heteroatoms. The summed E-state index contributed by atoms with van der Waals surface area (Å²) in [6.45, 7) is -0.132. The zero-order valence-corrected chi connectivity index (χ0v) is 16.0. The third-order valence-electron chi connectivity index (χ3n) is 5.31. The molecule has 2 aliphatic rings. The second-order valence-electron chi connectivity index (χ2n) is 7.21. The van der Waals surface area contributed by atoms with Crippen LogP contribution >= 0.6 is 0 Å². The van der Waals surface area contributed by atoms with E-state index in [9.17, 15) is 19.2 Å². The van der Waals surface area contributed by atoms with Crippen LogP contribution < -0.4 is 5.32 Å². The van der Waals surface area contributed by atoms with E-state index >= 15 is 0 Å². The lowest BCUT2D eigenvalue weighted by molar-refractivity contribution is -0.135. The van der Waals surface area contributed by atoms with E-state index in [-0.39, 0.29) is 37.6 Å². The van der Waals surface area contributed by atoms with Crippen molar-refractivity contribution in [1.29, 1.82) is 0 Å². The Morgan fingerprint density at radius 1 is 1.14 bits per heavy atom. The molecule has 1 aromatic rings. The van der Waals surface area contributed by atoms with Gasteiger partial charge in [-0.3, -0.25) is 14.5 Å². The Hall–Kier alpha value is -2.90. The molecule has 0 atom stereocenters. The van der Waals surface area contributed by atoms with E-state index in [0.717, 1.165) is 36.1 Å². The van der Waals surface area contributed by atoms with Crippen LogP contribution in [-0.4, -0.2) is 59.9 Å². The van der Waals surface area contributed by atoms with Gasteiger partial charge in [0, 0.05) is 13.1 Å². The number of imide groups is 1. The number of ether oxygens (including phenoxy) is 1. The highest BCUT2D eigenvalue weighted by atomic mass is 16.5. The molecule has 1 N–H and O–H groups in total. The fourth-order valence-electron chi connectivity index (χ4n) is 3.53. The van der Waals surface area contributed by atoms with Crippen LogP contribution in [0.4, 0.5) is 4.79 Å². The quantitative estimate of drug-likeness (QED) is 0.592. The van der Waals surface area contributed by atoms with Gasteiger partial charge in [-0.25, -0.2) is 9.59 Å². The van der Waals surface area contributed by atoms with Crippen LogP contribution in [0.5, 0.6) is 0 Å². The fourth-order valence-corrected chi connectivity index (χ4v) is 3.53. The number of urea groups is 1. The number of likely N-dealkylation sites (N-methyl/N-ethyl adjacent to an activating group) is 1. The van der Waals surface area contributed by atoms with E-state index in [0.29, 0.717) is 5.56 Å². The topological polar surface area (TPSA) is 96.0 Å². The Morgan fingerprint density at radius 2 is 1.82 bits per heavy atom. The van der Waals surface area contributed by atoms with Crippen LogP contribution in [0.25, 0.3) is 0 Å². The van der Waals surface area contributed by atoms with Gasteiger partial charge in [0.15, 0.2) is 6.61 Å². The molecule has 1 heterocycles. The van der Waals surface area contributed by atoms with Crippen molar-refractivity contribution in [2.24, 2.45) is 0 Å². The number of carbonyl (C=O) groups is 4. The Kier molecular flexibility index (Phi) is 6.28. The fraction of sp³-hybridized carbons (Fsp3) is 0.500. The minimum Gasteiger partial charge on any atom is -0.452 e. The van der Waals surface area contributed by atoms with E-state index < -0.39 is 12.0 Å². The molecule has 4 amide bonds. The smallest absolute Gasteiger partial charge is 0.338 e. The second-order valence-corrected chi connectivity index (χ2v) is 7.21. The van der Waals surface area contributed by atoms with Gasteiger partial charge in [0.2, 0.25) is 5.91 Å². The van der Waals surface area contributed by atoms with Crippen molar-refractivity contribution in [2.75, 3.05) is 20.2 Å². The molecule has 150 valence electrons. The van der Waals surface area contributed by atoms with Crippen molar-refractivity contribution in [3.63, 3.8) is 0 Å². The molecule has 1 aromatic carbocycles. The maximum absolute atomic E-state index is 12.3. The number of esters is 1. The van der Waals surface area contributed by atoms with Crippen molar-refractivity contribution in [1.82, 2.24) is 15.1 Å². The van der Waals surface area contributed by atoms with Gasteiger partial charge in [0.1, 0.15) is 0 Å². The van der Waals surface area contributed by atoms with Crippen LogP contribution in [0.15, 0.2) is 24.3 Å². The molecule has 0 aromatic heterocycles. The zero-order chi connectivity index (χ0) is 20.1. The number of rotatable bonds is 6. The van der Waals surface area contributed by atoms with Crippen LogP contribution in [-0.2, 0) is 20.9 Å². The third kappa shape index (κ3) is 4.68. The van der Waals surface area contributed by atoms with Gasteiger partial charge in [-0.15, -0.1) is 0 Å². The summed E-state index contributed by atoms with van der Waals surface area (Å²) in [4.78, 5) is 50.4. The number of nitrogens with zero attached hydrogens (tertiary/aromatic N) is 2. The van der Waals surface area contributed by atoms with Gasteiger partial charge < -0.3 is 15.0 Å². The first kappa shape index (κ1) is 19.9.